The maximum atomic E-state index is 12.1. The molecular weight excluding hydrogens is 316 g/mol. The van der Waals surface area contributed by atoms with Crippen LogP contribution in [0.4, 0.5) is 5.69 Å². The van der Waals surface area contributed by atoms with E-state index in [1.807, 2.05) is 48.5 Å². The second-order valence-electron chi connectivity index (χ2n) is 5.38. The van der Waals surface area contributed by atoms with Crippen molar-refractivity contribution in [3.05, 3.63) is 66.2 Å². The first-order valence-electron chi connectivity index (χ1n) is 7.69. The van der Waals surface area contributed by atoms with Crippen molar-refractivity contribution in [1.82, 2.24) is 0 Å². The highest BCUT2D eigenvalue weighted by molar-refractivity contribution is 5.95. The third-order valence-corrected chi connectivity index (χ3v) is 3.68. The van der Waals surface area contributed by atoms with Gasteiger partial charge < -0.3 is 14.8 Å². The van der Waals surface area contributed by atoms with Crippen molar-refractivity contribution in [2.24, 2.45) is 0 Å². The van der Waals surface area contributed by atoms with Gasteiger partial charge in [-0.25, -0.2) is 0 Å². The molecule has 0 unspecified atom stereocenters. The van der Waals surface area contributed by atoms with Gasteiger partial charge in [0.25, 0.3) is 5.91 Å². The third kappa shape index (κ3) is 3.88. The molecule has 1 N–H and O–H groups in total. The van der Waals surface area contributed by atoms with Crippen LogP contribution >= 0.6 is 0 Å². The van der Waals surface area contributed by atoms with Crippen molar-refractivity contribution in [2.45, 2.75) is 0 Å². The van der Waals surface area contributed by atoms with E-state index in [-0.39, 0.29) is 12.5 Å². The van der Waals surface area contributed by atoms with E-state index >= 15 is 0 Å². The van der Waals surface area contributed by atoms with Gasteiger partial charge >= 0.3 is 0 Å². The summed E-state index contributed by atoms with van der Waals surface area (Å²) in [5.41, 5.74) is 1.17. The van der Waals surface area contributed by atoms with Crippen LogP contribution in [0.1, 0.15) is 5.56 Å². The zero-order valence-corrected chi connectivity index (χ0v) is 13.7. The number of nitrogens with zero attached hydrogens (tertiary/aromatic N) is 1. The number of carbonyl (C=O) groups is 1. The number of rotatable bonds is 5. The van der Waals surface area contributed by atoms with Gasteiger partial charge in [0.1, 0.15) is 0 Å². The molecule has 0 fully saturated rings. The Kier molecular flexibility index (Phi) is 4.82. The molecule has 1 amide bonds. The van der Waals surface area contributed by atoms with Crippen LogP contribution in [-0.2, 0) is 4.79 Å². The lowest BCUT2D eigenvalue weighted by Gasteiger charge is -2.11. The van der Waals surface area contributed by atoms with Crippen molar-refractivity contribution in [3.63, 3.8) is 0 Å². The summed E-state index contributed by atoms with van der Waals surface area (Å²) in [4.78, 5) is 12.1. The summed E-state index contributed by atoms with van der Waals surface area (Å²) in [6.07, 6.45) is 0. The minimum absolute atomic E-state index is 0.158. The topological polar surface area (TPSA) is 71.3 Å². The maximum absolute atomic E-state index is 12.1. The van der Waals surface area contributed by atoms with Crippen LogP contribution in [-0.4, -0.2) is 19.6 Å². The Labute approximate surface area is 145 Å². The van der Waals surface area contributed by atoms with Crippen LogP contribution in [0.25, 0.3) is 10.8 Å². The van der Waals surface area contributed by atoms with Gasteiger partial charge in [-0.2, -0.15) is 5.26 Å². The van der Waals surface area contributed by atoms with Crippen molar-refractivity contribution in [1.29, 1.82) is 5.26 Å². The predicted molar refractivity (Wildman–Crippen MR) is 95.8 cm³/mol. The number of hydrogen-bond acceptors (Lipinski definition) is 4. The second-order valence-corrected chi connectivity index (χ2v) is 5.38. The number of carbonyl (C=O) groups excluding carboxylic acids is 1. The Morgan fingerprint density at radius 2 is 1.84 bits per heavy atom. The minimum Gasteiger partial charge on any atom is -0.493 e. The predicted octanol–water partition coefficient (Wildman–Crippen LogP) is 3.74. The number of nitriles is 1. The van der Waals surface area contributed by atoms with Gasteiger partial charge in [-0.15, -0.1) is 0 Å². The summed E-state index contributed by atoms with van der Waals surface area (Å²) in [6.45, 7) is -0.158. The van der Waals surface area contributed by atoms with Crippen molar-refractivity contribution >= 4 is 22.4 Å². The Balaban J connectivity index is 1.65. The summed E-state index contributed by atoms with van der Waals surface area (Å²) < 4.78 is 10.7. The number of anilines is 1. The molecule has 0 spiro atoms. The van der Waals surface area contributed by atoms with Crippen LogP contribution < -0.4 is 14.8 Å². The highest BCUT2D eigenvalue weighted by atomic mass is 16.5. The summed E-state index contributed by atoms with van der Waals surface area (Å²) >= 11 is 0. The maximum Gasteiger partial charge on any atom is 0.262 e. The van der Waals surface area contributed by atoms with Gasteiger partial charge in [0.2, 0.25) is 0 Å². The van der Waals surface area contributed by atoms with Gasteiger partial charge in [0.05, 0.1) is 18.7 Å². The third-order valence-electron chi connectivity index (χ3n) is 3.68. The van der Waals surface area contributed by atoms with Gasteiger partial charge in [-0.3, -0.25) is 4.79 Å². The van der Waals surface area contributed by atoms with E-state index in [1.165, 1.54) is 7.11 Å². The monoisotopic (exact) mass is 332 g/mol. The van der Waals surface area contributed by atoms with E-state index in [0.29, 0.717) is 22.7 Å². The molecule has 0 atom stereocenters. The fraction of sp³-hybridized carbons (Fsp3) is 0.100. The number of ether oxygens (including phenoxy) is 2. The van der Waals surface area contributed by atoms with Gasteiger partial charge in [-0.1, -0.05) is 30.3 Å². The molecule has 0 bridgehead atoms. The lowest BCUT2D eigenvalue weighted by atomic mass is 10.1. The van der Waals surface area contributed by atoms with Crippen LogP contribution in [0.15, 0.2) is 60.7 Å². The Morgan fingerprint density at radius 3 is 2.60 bits per heavy atom. The van der Waals surface area contributed by atoms with Crippen molar-refractivity contribution < 1.29 is 14.3 Å². The number of amides is 1. The van der Waals surface area contributed by atoms with Gasteiger partial charge in [0, 0.05) is 11.8 Å². The van der Waals surface area contributed by atoms with Gasteiger partial charge in [0.15, 0.2) is 18.1 Å². The summed E-state index contributed by atoms with van der Waals surface area (Å²) in [5, 5.41) is 13.9. The van der Waals surface area contributed by atoms with Crippen molar-refractivity contribution in [3.8, 4) is 17.6 Å². The molecular formula is C20H16N2O3. The number of nitrogens with one attached hydrogen (secondary N) is 1. The molecule has 0 saturated heterocycles. The first-order chi connectivity index (χ1) is 12.2. The lowest BCUT2D eigenvalue weighted by molar-refractivity contribution is -0.118. The van der Waals surface area contributed by atoms with E-state index in [0.717, 1.165) is 10.8 Å². The van der Waals surface area contributed by atoms with E-state index in [1.54, 1.807) is 18.2 Å². The zero-order valence-electron chi connectivity index (χ0n) is 13.7. The largest absolute Gasteiger partial charge is 0.493 e. The molecule has 0 aliphatic heterocycles. The molecule has 0 heterocycles. The number of fused-ring (bicyclic) bond motifs is 1. The summed E-state index contributed by atoms with van der Waals surface area (Å²) in [5.74, 6) is 0.550. The molecule has 5 heteroatoms. The van der Waals surface area contributed by atoms with E-state index in [9.17, 15) is 4.79 Å². The van der Waals surface area contributed by atoms with Crippen LogP contribution in [0.3, 0.4) is 0 Å². The van der Waals surface area contributed by atoms with Gasteiger partial charge in [-0.05, 0) is 35.0 Å². The molecule has 0 saturated carbocycles. The average molecular weight is 332 g/mol. The quantitative estimate of drug-likeness (QED) is 0.772. The normalized spacial score (nSPS) is 10.1. The van der Waals surface area contributed by atoms with Crippen molar-refractivity contribution in [2.75, 3.05) is 19.0 Å². The minimum atomic E-state index is -0.276. The fourth-order valence-electron chi connectivity index (χ4n) is 2.46. The Morgan fingerprint density at radius 1 is 1.04 bits per heavy atom. The summed E-state index contributed by atoms with van der Waals surface area (Å²) in [7, 11) is 1.48. The molecule has 3 aromatic carbocycles. The molecule has 0 aliphatic carbocycles. The number of hydrogen-bond donors (Lipinski definition) is 1. The standard InChI is InChI=1S/C20H16N2O3/c1-24-19-10-14(12-21)6-9-18(19)25-13-20(23)22-17-8-7-15-4-2-3-5-16(15)11-17/h2-11H,13H2,1H3,(H,22,23). The highest BCUT2D eigenvalue weighted by Crippen LogP contribution is 2.27. The molecule has 0 radical (unpaired) electrons. The first kappa shape index (κ1) is 16.3. The first-order valence-corrected chi connectivity index (χ1v) is 7.69. The van der Waals surface area contributed by atoms with Crippen LogP contribution in [0, 0.1) is 11.3 Å². The number of methoxy groups -OCH3 is 1. The summed E-state index contributed by atoms with van der Waals surface area (Å²) in [6, 6.07) is 20.5. The zero-order chi connectivity index (χ0) is 17.6. The second kappa shape index (κ2) is 7.37. The number of benzene rings is 3. The SMILES string of the molecule is COc1cc(C#N)ccc1OCC(=O)Nc1ccc2ccccc2c1. The smallest absolute Gasteiger partial charge is 0.262 e. The van der Waals surface area contributed by atoms with E-state index in [2.05, 4.69) is 5.32 Å². The molecule has 5 nitrogen and oxygen atoms in total. The lowest BCUT2D eigenvalue weighted by Crippen LogP contribution is -2.20. The highest BCUT2D eigenvalue weighted by Gasteiger charge is 2.09. The molecule has 25 heavy (non-hydrogen) atoms. The van der Waals surface area contributed by atoms with Crippen LogP contribution in [0.5, 0.6) is 11.5 Å². The van der Waals surface area contributed by atoms with E-state index in [4.69, 9.17) is 14.7 Å². The van der Waals surface area contributed by atoms with Crippen LogP contribution in [0.2, 0.25) is 0 Å². The molecule has 124 valence electrons. The molecule has 3 rings (SSSR count). The Bertz CT molecular complexity index is 961. The molecule has 3 aromatic rings. The average Bonchev–Trinajstić information content (AvgIpc) is 2.66. The molecule has 0 aliphatic rings. The molecule has 0 aromatic heterocycles. The fourth-order valence-corrected chi connectivity index (χ4v) is 2.46. The van der Waals surface area contributed by atoms with E-state index < -0.39 is 0 Å². The Hall–Kier alpha value is -3.52.